The molecule has 0 atom stereocenters. The van der Waals surface area contributed by atoms with Gasteiger partial charge in [-0.15, -0.1) is 11.3 Å². The number of methoxy groups -OCH3 is 1. The lowest BCUT2D eigenvalue weighted by atomic mass is 10.0. The quantitative estimate of drug-likeness (QED) is 0.221. The largest absolute Gasteiger partial charge is 0.497 e. The first kappa shape index (κ1) is 23.4. The third-order valence-corrected chi connectivity index (χ3v) is 7.70. The third-order valence-electron chi connectivity index (χ3n) is 6.30. The van der Waals surface area contributed by atoms with Gasteiger partial charge in [-0.1, -0.05) is 40.2 Å². The molecular weight excluding hydrogens is 552 g/mol. The minimum Gasteiger partial charge on any atom is -0.497 e. The maximum atomic E-state index is 13.5. The molecule has 0 amide bonds. The van der Waals surface area contributed by atoms with E-state index in [1.807, 2.05) is 66.9 Å². The zero-order valence-electron chi connectivity index (χ0n) is 19.8. The molecule has 37 heavy (non-hydrogen) atoms. The minimum atomic E-state index is -0.139. The second kappa shape index (κ2) is 9.14. The maximum Gasteiger partial charge on any atom is 0.222 e. The van der Waals surface area contributed by atoms with Gasteiger partial charge in [-0.2, -0.15) is 0 Å². The molecule has 6 nitrogen and oxygen atoms in total. The molecule has 8 heteroatoms. The SMILES string of the molecule is COc1ccc(-c2coc3c(C)c4oc(=N)c(-c5nc(-c6ccc(Br)cc6)cs5)cc4cc3c2=O)cc1. The molecule has 0 aliphatic rings. The molecule has 0 bridgehead atoms. The molecule has 0 unspecified atom stereocenters. The fraction of sp³-hybridized carbons (Fsp3) is 0.0690. The lowest BCUT2D eigenvalue weighted by Gasteiger charge is -2.09. The van der Waals surface area contributed by atoms with Crippen molar-refractivity contribution >= 4 is 49.2 Å². The van der Waals surface area contributed by atoms with Gasteiger partial charge in [-0.05, 0) is 48.9 Å². The number of aryl methyl sites for hydroxylation is 1. The van der Waals surface area contributed by atoms with Crippen LogP contribution in [0.15, 0.2) is 90.4 Å². The lowest BCUT2D eigenvalue weighted by molar-refractivity contribution is 0.415. The van der Waals surface area contributed by atoms with Gasteiger partial charge in [0.1, 0.15) is 28.2 Å². The van der Waals surface area contributed by atoms with Crippen molar-refractivity contribution in [3.63, 3.8) is 0 Å². The van der Waals surface area contributed by atoms with Crippen LogP contribution in [0.4, 0.5) is 0 Å². The van der Waals surface area contributed by atoms with E-state index in [-0.39, 0.29) is 11.0 Å². The Balaban J connectivity index is 1.49. The van der Waals surface area contributed by atoms with E-state index in [4.69, 9.17) is 24.0 Å². The van der Waals surface area contributed by atoms with Gasteiger partial charge in [0.2, 0.25) is 11.0 Å². The van der Waals surface area contributed by atoms with Gasteiger partial charge in [0, 0.05) is 26.4 Å². The first-order chi connectivity index (χ1) is 17.9. The van der Waals surface area contributed by atoms with Crippen LogP contribution >= 0.6 is 27.3 Å². The number of hydrogen-bond acceptors (Lipinski definition) is 7. The molecule has 0 saturated heterocycles. The summed E-state index contributed by atoms with van der Waals surface area (Å²) in [5, 5.41) is 12.3. The van der Waals surface area contributed by atoms with Gasteiger partial charge in [0.15, 0.2) is 0 Å². The van der Waals surface area contributed by atoms with E-state index in [9.17, 15) is 4.79 Å². The number of nitrogens with zero attached hydrogens (tertiary/aromatic N) is 1. The van der Waals surface area contributed by atoms with Crippen LogP contribution in [0, 0.1) is 12.3 Å². The molecule has 3 aromatic heterocycles. The zero-order chi connectivity index (χ0) is 25.7. The first-order valence-electron chi connectivity index (χ1n) is 11.4. The van der Waals surface area contributed by atoms with E-state index < -0.39 is 0 Å². The number of hydrogen-bond donors (Lipinski definition) is 1. The number of halogens is 1. The molecule has 0 spiro atoms. The van der Waals surface area contributed by atoms with E-state index in [2.05, 4.69) is 15.9 Å². The standard InChI is InChI=1S/C29H19BrN2O4S/c1-15-26-18(11-21-25(33)23(13-35-27(15)21)16-5-9-20(34-2)10-6-16)12-22(28(31)36-26)29-32-24(14-37-29)17-3-7-19(30)8-4-17/h3-14,31H,1-2H3. The molecule has 6 aromatic rings. The molecule has 0 aliphatic heterocycles. The highest BCUT2D eigenvalue weighted by Crippen LogP contribution is 2.33. The summed E-state index contributed by atoms with van der Waals surface area (Å²) in [5.74, 6) is 0.710. The van der Waals surface area contributed by atoms with Gasteiger partial charge in [0.05, 0.1) is 29.3 Å². The predicted octanol–water partition coefficient (Wildman–Crippen LogP) is 7.56. The summed E-state index contributed by atoms with van der Waals surface area (Å²) >= 11 is 4.90. The number of aromatic nitrogens is 1. The monoisotopic (exact) mass is 570 g/mol. The number of ether oxygens (including phenoxy) is 1. The third kappa shape index (κ3) is 4.08. The summed E-state index contributed by atoms with van der Waals surface area (Å²) in [5.41, 5.74) is 5.06. The van der Waals surface area contributed by atoms with E-state index >= 15 is 0 Å². The van der Waals surface area contributed by atoms with Crippen molar-refractivity contribution in [2.45, 2.75) is 6.92 Å². The van der Waals surface area contributed by atoms with Crippen LogP contribution in [-0.4, -0.2) is 12.1 Å². The van der Waals surface area contributed by atoms with Crippen molar-refractivity contribution in [3.05, 3.63) is 98.1 Å². The summed E-state index contributed by atoms with van der Waals surface area (Å²) in [6.45, 7) is 1.83. The maximum absolute atomic E-state index is 13.5. The molecule has 182 valence electrons. The van der Waals surface area contributed by atoms with Gasteiger partial charge in [-0.3, -0.25) is 10.2 Å². The topological polar surface area (TPSA) is 89.3 Å². The Bertz CT molecular complexity index is 1920. The van der Waals surface area contributed by atoms with Crippen LogP contribution in [0.25, 0.3) is 54.9 Å². The number of fused-ring (bicyclic) bond motifs is 2. The molecule has 6 rings (SSSR count). The van der Waals surface area contributed by atoms with E-state index in [1.165, 1.54) is 17.6 Å². The minimum absolute atomic E-state index is 0.00357. The van der Waals surface area contributed by atoms with Gasteiger partial charge in [0.25, 0.3) is 0 Å². The van der Waals surface area contributed by atoms with Crippen LogP contribution in [0.3, 0.4) is 0 Å². The van der Waals surface area contributed by atoms with Crippen molar-refractivity contribution in [1.82, 2.24) is 4.98 Å². The Kier molecular flexibility index (Phi) is 5.78. The molecule has 1 N–H and O–H groups in total. The van der Waals surface area contributed by atoms with Crippen molar-refractivity contribution in [2.24, 2.45) is 0 Å². The molecule has 0 fully saturated rings. The average molecular weight is 571 g/mol. The Morgan fingerprint density at radius 3 is 2.43 bits per heavy atom. The smallest absolute Gasteiger partial charge is 0.222 e. The number of benzene rings is 3. The summed E-state index contributed by atoms with van der Waals surface area (Å²) in [6, 6.07) is 18.8. The van der Waals surface area contributed by atoms with Gasteiger partial charge >= 0.3 is 0 Å². The number of rotatable bonds is 4. The molecular formula is C29H19BrN2O4S. The first-order valence-corrected chi connectivity index (χ1v) is 13.0. The zero-order valence-corrected chi connectivity index (χ0v) is 22.2. The van der Waals surface area contributed by atoms with Crippen molar-refractivity contribution in [1.29, 1.82) is 5.41 Å². The van der Waals surface area contributed by atoms with Crippen LogP contribution in [0.1, 0.15) is 5.56 Å². The Morgan fingerprint density at radius 2 is 1.70 bits per heavy atom. The summed E-state index contributed by atoms with van der Waals surface area (Å²) in [4.78, 5) is 18.3. The Labute approximate surface area is 223 Å². The molecule has 3 heterocycles. The fourth-order valence-electron chi connectivity index (χ4n) is 4.35. The second-order valence-electron chi connectivity index (χ2n) is 8.54. The fourth-order valence-corrected chi connectivity index (χ4v) is 5.45. The van der Waals surface area contributed by atoms with Crippen LogP contribution < -0.4 is 15.7 Å². The van der Waals surface area contributed by atoms with Crippen molar-refractivity contribution in [3.8, 4) is 38.7 Å². The summed E-state index contributed by atoms with van der Waals surface area (Å²) < 4.78 is 18.1. The highest BCUT2D eigenvalue weighted by Gasteiger charge is 2.17. The average Bonchev–Trinajstić information content (AvgIpc) is 3.40. The van der Waals surface area contributed by atoms with Crippen LogP contribution in [0.5, 0.6) is 5.75 Å². The molecule has 0 radical (unpaired) electrons. The second-order valence-corrected chi connectivity index (χ2v) is 10.3. The van der Waals surface area contributed by atoms with E-state index in [0.29, 0.717) is 49.4 Å². The van der Waals surface area contributed by atoms with Gasteiger partial charge < -0.3 is 13.6 Å². The van der Waals surface area contributed by atoms with E-state index in [0.717, 1.165) is 21.3 Å². The highest BCUT2D eigenvalue weighted by molar-refractivity contribution is 9.10. The Morgan fingerprint density at radius 1 is 0.973 bits per heavy atom. The van der Waals surface area contributed by atoms with Crippen molar-refractivity contribution < 1.29 is 13.6 Å². The highest BCUT2D eigenvalue weighted by atomic mass is 79.9. The van der Waals surface area contributed by atoms with E-state index in [1.54, 1.807) is 13.2 Å². The number of nitrogens with one attached hydrogen (secondary N) is 1. The molecule has 3 aromatic carbocycles. The van der Waals surface area contributed by atoms with Crippen LogP contribution in [0.2, 0.25) is 0 Å². The van der Waals surface area contributed by atoms with Crippen molar-refractivity contribution in [2.75, 3.05) is 7.11 Å². The van der Waals surface area contributed by atoms with Gasteiger partial charge in [-0.25, -0.2) is 4.98 Å². The number of thiazole rings is 1. The molecule has 0 saturated carbocycles. The van der Waals surface area contributed by atoms with Crippen LogP contribution in [-0.2, 0) is 0 Å². The normalized spacial score (nSPS) is 11.3. The Hall–Kier alpha value is -4.01. The predicted molar refractivity (Wildman–Crippen MR) is 149 cm³/mol. The summed E-state index contributed by atoms with van der Waals surface area (Å²) in [6.07, 6.45) is 1.47. The molecule has 0 aliphatic carbocycles. The lowest BCUT2D eigenvalue weighted by Crippen LogP contribution is -2.07. The summed E-state index contributed by atoms with van der Waals surface area (Å²) in [7, 11) is 1.60.